The molecule has 1 heterocycles. The zero-order chi connectivity index (χ0) is 16.8. The van der Waals surface area contributed by atoms with Gasteiger partial charge in [0.15, 0.2) is 0 Å². The summed E-state index contributed by atoms with van der Waals surface area (Å²) in [5.74, 6) is 0.821. The van der Waals surface area contributed by atoms with Crippen molar-refractivity contribution < 1.29 is 0 Å². The summed E-state index contributed by atoms with van der Waals surface area (Å²) in [7, 11) is 0. The number of nitrogens with one attached hydrogen (secondary N) is 1. The zero-order valence-electron chi connectivity index (χ0n) is 15.5. The molecule has 1 aliphatic rings. The van der Waals surface area contributed by atoms with E-state index >= 15 is 0 Å². The molecule has 0 amide bonds. The Balaban J connectivity index is 0.00000225. The first-order valence-electron chi connectivity index (χ1n) is 9.23. The molecular weight excluding hydrogens is 328 g/mol. The van der Waals surface area contributed by atoms with Crippen molar-refractivity contribution in [3.63, 3.8) is 0 Å². The molecule has 0 spiro atoms. The van der Waals surface area contributed by atoms with E-state index in [1.165, 1.54) is 54.7 Å². The second kappa shape index (κ2) is 9.96. The van der Waals surface area contributed by atoms with Gasteiger partial charge in [-0.05, 0) is 56.8 Å². The highest BCUT2D eigenvalue weighted by molar-refractivity contribution is 5.85. The second-order valence-electron chi connectivity index (χ2n) is 7.33. The summed E-state index contributed by atoms with van der Waals surface area (Å²) >= 11 is 0. The zero-order valence-corrected chi connectivity index (χ0v) is 16.3. The Morgan fingerprint density at radius 1 is 0.800 bits per heavy atom. The third-order valence-corrected chi connectivity index (χ3v) is 5.03. The SMILES string of the molecule is Cc1ccc(CN(Cc2ccc(C)cc2)CC2CCNCC2)cc1.Cl. The number of halogens is 1. The van der Waals surface area contributed by atoms with Crippen LogP contribution in [0.1, 0.15) is 35.1 Å². The highest BCUT2D eigenvalue weighted by Gasteiger charge is 2.17. The minimum atomic E-state index is 0. The Hall–Kier alpha value is -1.35. The molecule has 0 aliphatic carbocycles. The lowest BCUT2D eigenvalue weighted by molar-refractivity contribution is 0.191. The molecule has 3 heteroatoms. The fourth-order valence-electron chi connectivity index (χ4n) is 3.52. The number of nitrogens with zero attached hydrogens (tertiary/aromatic N) is 1. The standard InChI is InChI=1S/C22H30N2.ClH/c1-18-3-7-20(8-4-18)15-24(17-22-11-13-23-14-12-22)16-21-9-5-19(2)6-10-21;/h3-10,22-23H,11-17H2,1-2H3;1H. The highest BCUT2D eigenvalue weighted by atomic mass is 35.5. The fraction of sp³-hybridized carbons (Fsp3) is 0.455. The van der Waals surface area contributed by atoms with Crippen molar-refractivity contribution >= 4 is 12.4 Å². The van der Waals surface area contributed by atoms with Crippen LogP contribution in [-0.4, -0.2) is 24.5 Å². The van der Waals surface area contributed by atoms with Crippen molar-refractivity contribution in [2.24, 2.45) is 5.92 Å². The van der Waals surface area contributed by atoms with Crippen LogP contribution < -0.4 is 5.32 Å². The summed E-state index contributed by atoms with van der Waals surface area (Å²) in [4.78, 5) is 2.63. The maximum absolute atomic E-state index is 3.48. The van der Waals surface area contributed by atoms with Crippen LogP contribution in [0.15, 0.2) is 48.5 Å². The van der Waals surface area contributed by atoms with Gasteiger partial charge >= 0.3 is 0 Å². The highest BCUT2D eigenvalue weighted by Crippen LogP contribution is 2.18. The third kappa shape index (κ3) is 6.47. The average Bonchev–Trinajstić information content (AvgIpc) is 2.60. The molecule has 2 nitrogen and oxygen atoms in total. The number of piperidine rings is 1. The van der Waals surface area contributed by atoms with Gasteiger partial charge in [-0.3, -0.25) is 4.90 Å². The number of hydrogen-bond acceptors (Lipinski definition) is 2. The van der Waals surface area contributed by atoms with E-state index in [9.17, 15) is 0 Å². The van der Waals surface area contributed by atoms with Gasteiger partial charge in [-0.15, -0.1) is 12.4 Å². The van der Waals surface area contributed by atoms with Gasteiger partial charge < -0.3 is 5.32 Å². The molecule has 0 atom stereocenters. The van der Waals surface area contributed by atoms with E-state index in [0.29, 0.717) is 0 Å². The van der Waals surface area contributed by atoms with Gasteiger partial charge in [0.05, 0.1) is 0 Å². The summed E-state index contributed by atoms with van der Waals surface area (Å²) in [6, 6.07) is 18.0. The first kappa shape index (κ1) is 20.0. The van der Waals surface area contributed by atoms with Crippen LogP contribution in [-0.2, 0) is 13.1 Å². The van der Waals surface area contributed by atoms with Crippen molar-refractivity contribution in [3.05, 3.63) is 70.8 Å². The van der Waals surface area contributed by atoms with Gasteiger partial charge in [0, 0.05) is 19.6 Å². The summed E-state index contributed by atoms with van der Waals surface area (Å²) in [5, 5.41) is 3.48. The van der Waals surface area contributed by atoms with Crippen LogP contribution in [0.5, 0.6) is 0 Å². The number of hydrogen-bond donors (Lipinski definition) is 1. The molecule has 25 heavy (non-hydrogen) atoms. The van der Waals surface area contributed by atoms with Crippen LogP contribution in [0.3, 0.4) is 0 Å². The first-order valence-corrected chi connectivity index (χ1v) is 9.23. The second-order valence-corrected chi connectivity index (χ2v) is 7.33. The van der Waals surface area contributed by atoms with Crippen molar-refractivity contribution in [1.29, 1.82) is 0 Å². The smallest absolute Gasteiger partial charge is 0.0237 e. The Kier molecular flexibility index (Phi) is 7.95. The quantitative estimate of drug-likeness (QED) is 0.803. The summed E-state index contributed by atoms with van der Waals surface area (Å²) in [5.41, 5.74) is 5.51. The molecule has 1 fully saturated rings. The third-order valence-electron chi connectivity index (χ3n) is 5.03. The van der Waals surface area contributed by atoms with Crippen LogP contribution in [0.2, 0.25) is 0 Å². The summed E-state index contributed by atoms with van der Waals surface area (Å²) in [6.07, 6.45) is 2.61. The average molecular weight is 359 g/mol. The summed E-state index contributed by atoms with van der Waals surface area (Å²) in [6.45, 7) is 9.94. The van der Waals surface area contributed by atoms with Crippen LogP contribution in [0.4, 0.5) is 0 Å². The van der Waals surface area contributed by atoms with E-state index in [0.717, 1.165) is 19.0 Å². The molecule has 2 aromatic carbocycles. The monoisotopic (exact) mass is 358 g/mol. The fourth-order valence-corrected chi connectivity index (χ4v) is 3.52. The Bertz CT molecular complexity index is 568. The van der Waals surface area contributed by atoms with Crippen molar-refractivity contribution in [1.82, 2.24) is 10.2 Å². The van der Waals surface area contributed by atoms with Gasteiger partial charge in [-0.1, -0.05) is 59.7 Å². The molecule has 0 unspecified atom stereocenters. The van der Waals surface area contributed by atoms with E-state index in [1.54, 1.807) is 0 Å². The van der Waals surface area contributed by atoms with Gasteiger partial charge in [0.25, 0.3) is 0 Å². The largest absolute Gasteiger partial charge is 0.317 e. The lowest BCUT2D eigenvalue weighted by Crippen LogP contribution is -2.35. The van der Waals surface area contributed by atoms with Gasteiger partial charge in [-0.25, -0.2) is 0 Å². The van der Waals surface area contributed by atoms with Gasteiger partial charge in [0.2, 0.25) is 0 Å². The lowest BCUT2D eigenvalue weighted by atomic mass is 9.97. The molecule has 2 aromatic rings. The predicted octanol–water partition coefficient (Wildman–Crippen LogP) is 4.73. The minimum absolute atomic E-state index is 0. The normalized spacial score (nSPS) is 15.2. The Labute approximate surface area is 159 Å². The number of aryl methyl sites for hydroxylation is 2. The van der Waals surface area contributed by atoms with Crippen molar-refractivity contribution in [3.8, 4) is 0 Å². The molecule has 3 rings (SSSR count). The molecule has 0 radical (unpaired) electrons. The lowest BCUT2D eigenvalue weighted by Gasteiger charge is -2.30. The molecule has 1 saturated heterocycles. The predicted molar refractivity (Wildman–Crippen MR) is 109 cm³/mol. The minimum Gasteiger partial charge on any atom is -0.317 e. The van der Waals surface area contributed by atoms with E-state index < -0.39 is 0 Å². The molecule has 136 valence electrons. The number of rotatable bonds is 6. The van der Waals surface area contributed by atoms with Crippen molar-refractivity contribution in [2.45, 2.75) is 39.8 Å². The van der Waals surface area contributed by atoms with Gasteiger partial charge in [0.1, 0.15) is 0 Å². The van der Waals surface area contributed by atoms with Gasteiger partial charge in [-0.2, -0.15) is 0 Å². The van der Waals surface area contributed by atoms with Crippen molar-refractivity contribution in [2.75, 3.05) is 19.6 Å². The van der Waals surface area contributed by atoms with E-state index in [4.69, 9.17) is 0 Å². The van der Waals surface area contributed by atoms with Crippen LogP contribution in [0.25, 0.3) is 0 Å². The maximum atomic E-state index is 3.48. The van der Waals surface area contributed by atoms with E-state index in [-0.39, 0.29) is 12.4 Å². The molecule has 1 N–H and O–H groups in total. The Morgan fingerprint density at radius 3 is 1.68 bits per heavy atom. The van der Waals surface area contributed by atoms with E-state index in [2.05, 4.69) is 72.6 Å². The number of benzene rings is 2. The molecule has 1 aliphatic heterocycles. The van der Waals surface area contributed by atoms with E-state index in [1.807, 2.05) is 0 Å². The topological polar surface area (TPSA) is 15.3 Å². The molecule has 0 bridgehead atoms. The van der Waals surface area contributed by atoms with Crippen LogP contribution >= 0.6 is 12.4 Å². The molecule has 0 aromatic heterocycles. The van der Waals surface area contributed by atoms with Crippen LogP contribution in [0, 0.1) is 19.8 Å². The molecule has 0 saturated carbocycles. The first-order chi connectivity index (χ1) is 11.7. The maximum Gasteiger partial charge on any atom is 0.0237 e. The summed E-state index contributed by atoms with van der Waals surface area (Å²) < 4.78 is 0. The Morgan fingerprint density at radius 2 is 1.24 bits per heavy atom. The molecular formula is C22H31ClN2.